The highest BCUT2D eigenvalue weighted by Gasteiger charge is 2.13. The molecule has 0 spiro atoms. The summed E-state index contributed by atoms with van der Waals surface area (Å²) in [5, 5.41) is 7.20. The first-order chi connectivity index (χ1) is 9.69. The smallest absolute Gasteiger partial charge is 0.224 e. The van der Waals surface area contributed by atoms with Gasteiger partial charge in [-0.25, -0.2) is 15.0 Å². The molecule has 0 amide bonds. The maximum absolute atomic E-state index is 4.59. The van der Waals surface area contributed by atoms with Gasteiger partial charge in [0.2, 0.25) is 5.95 Å². The third-order valence-corrected chi connectivity index (χ3v) is 6.00. The Morgan fingerprint density at radius 1 is 1.30 bits per heavy atom. The van der Waals surface area contributed by atoms with Crippen molar-refractivity contribution in [2.75, 3.05) is 12.4 Å². The Balaban J connectivity index is 2.09. The molecule has 1 N–H and O–H groups in total. The van der Waals surface area contributed by atoms with Crippen LogP contribution in [-0.2, 0) is 6.42 Å². The van der Waals surface area contributed by atoms with E-state index >= 15 is 0 Å². The fraction of sp³-hybridized carbons (Fsp3) is 0.308. The van der Waals surface area contributed by atoms with Gasteiger partial charge in [-0.2, -0.15) is 0 Å². The molecule has 4 nitrogen and oxygen atoms in total. The van der Waals surface area contributed by atoms with Crippen molar-refractivity contribution in [3.8, 4) is 0 Å². The molecule has 0 aromatic carbocycles. The molecule has 0 saturated carbocycles. The maximum atomic E-state index is 4.59. The molecular weight excluding hydrogens is 308 g/mol. The predicted octanol–water partition coefficient (Wildman–Crippen LogP) is 4.21. The lowest BCUT2D eigenvalue weighted by Crippen LogP contribution is -1.96. The number of aryl methyl sites for hydroxylation is 2. The van der Waals surface area contributed by atoms with Gasteiger partial charge >= 0.3 is 0 Å². The van der Waals surface area contributed by atoms with Crippen molar-refractivity contribution < 1.29 is 0 Å². The number of thiazole rings is 1. The van der Waals surface area contributed by atoms with Crippen molar-refractivity contribution in [1.82, 2.24) is 15.0 Å². The van der Waals surface area contributed by atoms with Crippen LogP contribution in [0.1, 0.15) is 17.5 Å². The van der Waals surface area contributed by atoms with Crippen molar-refractivity contribution >= 4 is 50.6 Å². The van der Waals surface area contributed by atoms with E-state index < -0.39 is 0 Å². The molecule has 104 valence electrons. The Morgan fingerprint density at radius 3 is 2.80 bits per heavy atom. The summed E-state index contributed by atoms with van der Waals surface area (Å²) in [5.41, 5.74) is 1.05. The lowest BCUT2D eigenvalue weighted by Gasteiger charge is -2.03. The predicted molar refractivity (Wildman–Crippen MR) is 87.3 cm³/mol. The van der Waals surface area contributed by atoms with Crippen LogP contribution in [0, 0.1) is 6.92 Å². The van der Waals surface area contributed by atoms with Gasteiger partial charge in [0.1, 0.15) is 9.86 Å². The molecule has 0 saturated heterocycles. The normalized spacial score (nSPS) is 11.2. The number of nitrogens with zero attached hydrogens (tertiary/aromatic N) is 3. The number of hydrogen-bond donors (Lipinski definition) is 1. The quantitative estimate of drug-likeness (QED) is 0.729. The molecule has 0 aliphatic rings. The third kappa shape index (κ3) is 2.65. The molecule has 3 aromatic heterocycles. The van der Waals surface area contributed by atoms with Crippen LogP contribution in [0.2, 0.25) is 0 Å². The SMILES string of the molecule is CCc1cc2c(Sc3nc(C)cs3)nc(NC)nc2s1. The van der Waals surface area contributed by atoms with Crippen molar-refractivity contribution in [1.29, 1.82) is 0 Å². The Kier molecular flexibility index (Phi) is 3.91. The highest BCUT2D eigenvalue weighted by atomic mass is 32.2. The van der Waals surface area contributed by atoms with E-state index in [4.69, 9.17) is 0 Å². The summed E-state index contributed by atoms with van der Waals surface area (Å²) in [6, 6.07) is 2.20. The monoisotopic (exact) mass is 322 g/mol. The molecule has 0 atom stereocenters. The number of fused-ring (bicyclic) bond motifs is 1. The van der Waals surface area contributed by atoms with E-state index in [-0.39, 0.29) is 0 Å². The summed E-state index contributed by atoms with van der Waals surface area (Å²) < 4.78 is 1.02. The Labute approximate surface area is 129 Å². The Morgan fingerprint density at radius 2 is 2.15 bits per heavy atom. The van der Waals surface area contributed by atoms with Crippen molar-refractivity contribution in [3.63, 3.8) is 0 Å². The summed E-state index contributed by atoms with van der Waals surface area (Å²) in [5.74, 6) is 0.665. The highest BCUT2D eigenvalue weighted by molar-refractivity contribution is 8.01. The average molecular weight is 322 g/mol. The second-order valence-electron chi connectivity index (χ2n) is 4.24. The second kappa shape index (κ2) is 5.67. The van der Waals surface area contributed by atoms with Crippen LogP contribution in [0.3, 0.4) is 0 Å². The summed E-state index contributed by atoms with van der Waals surface area (Å²) in [7, 11) is 1.84. The minimum Gasteiger partial charge on any atom is -0.357 e. The summed E-state index contributed by atoms with van der Waals surface area (Å²) in [4.78, 5) is 16.0. The van der Waals surface area contributed by atoms with Crippen LogP contribution < -0.4 is 5.32 Å². The van der Waals surface area contributed by atoms with Gasteiger partial charge in [-0.3, -0.25) is 0 Å². The third-order valence-electron chi connectivity index (χ3n) is 2.76. The minimum absolute atomic E-state index is 0.665. The van der Waals surface area contributed by atoms with E-state index in [1.165, 1.54) is 4.88 Å². The molecule has 20 heavy (non-hydrogen) atoms. The molecule has 0 bridgehead atoms. The lowest BCUT2D eigenvalue weighted by atomic mass is 10.3. The lowest BCUT2D eigenvalue weighted by molar-refractivity contribution is 1.09. The molecule has 0 radical (unpaired) electrons. The molecule has 3 heterocycles. The van der Waals surface area contributed by atoms with E-state index in [1.807, 2.05) is 14.0 Å². The van der Waals surface area contributed by atoms with Crippen molar-refractivity contribution in [2.45, 2.75) is 29.6 Å². The number of hydrogen-bond acceptors (Lipinski definition) is 7. The van der Waals surface area contributed by atoms with Gasteiger partial charge in [-0.1, -0.05) is 6.92 Å². The largest absolute Gasteiger partial charge is 0.357 e. The van der Waals surface area contributed by atoms with E-state index in [1.54, 1.807) is 34.4 Å². The molecule has 0 unspecified atom stereocenters. The molecular formula is C13H14N4S3. The Hall–Kier alpha value is -1.18. The standard InChI is InChI=1S/C13H14N4S3/c1-4-8-5-9-10(19-8)16-12(14-3)17-11(9)20-13-15-7(2)6-18-13/h5-6H,4H2,1-3H3,(H,14,16,17). The zero-order valence-electron chi connectivity index (χ0n) is 11.4. The van der Waals surface area contributed by atoms with Gasteiger partial charge in [0.25, 0.3) is 0 Å². The van der Waals surface area contributed by atoms with Crippen LogP contribution in [0.4, 0.5) is 5.95 Å². The molecule has 7 heteroatoms. The van der Waals surface area contributed by atoms with Gasteiger partial charge < -0.3 is 5.32 Å². The number of nitrogens with one attached hydrogen (secondary N) is 1. The molecule has 0 aliphatic heterocycles. The van der Waals surface area contributed by atoms with Crippen molar-refractivity contribution in [3.05, 3.63) is 22.0 Å². The number of thiophene rings is 1. The van der Waals surface area contributed by atoms with Crippen LogP contribution in [0.25, 0.3) is 10.2 Å². The van der Waals surface area contributed by atoms with Gasteiger partial charge in [0, 0.05) is 28.4 Å². The van der Waals surface area contributed by atoms with Crippen LogP contribution in [0.15, 0.2) is 20.8 Å². The van der Waals surface area contributed by atoms with E-state index in [2.05, 4.69) is 38.6 Å². The first-order valence-corrected chi connectivity index (χ1v) is 8.79. The first-order valence-electron chi connectivity index (χ1n) is 6.27. The number of anilines is 1. The Bertz CT molecular complexity index is 747. The van der Waals surface area contributed by atoms with E-state index in [0.29, 0.717) is 5.95 Å². The molecule has 0 fully saturated rings. The average Bonchev–Trinajstić information content (AvgIpc) is 3.04. The fourth-order valence-electron chi connectivity index (χ4n) is 1.77. The molecule has 0 aliphatic carbocycles. The summed E-state index contributed by atoms with van der Waals surface area (Å²) in [6.45, 7) is 4.17. The zero-order valence-corrected chi connectivity index (χ0v) is 13.9. The molecule has 3 aromatic rings. The number of aromatic nitrogens is 3. The molecule has 3 rings (SSSR count). The van der Waals surface area contributed by atoms with Crippen LogP contribution in [-0.4, -0.2) is 22.0 Å². The van der Waals surface area contributed by atoms with Crippen LogP contribution in [0.5, 0.6) is 0 Å². The summed E-state index contributed by atoms with van der Waals surface area (Å²) in [6.07, 6.45) is 1.02. The topological polar surface area (TPSA) is 50.7 Å². The van der Waals surface area contributed by atoms with Gasteiger partial charge in [-0.05, 0) is 31.2 Å². The van der Waals surface area contributed by atoms with Gasteiger partial charge in [0.05, 0.1) is 0 Å². The van der Waals surface area contributed by atoms with Crippen molar-refractivity contribution in [2.24, 2.45) is 0 Å². The highest BCUT2D eigenvalue weighted by Crippen LogP contribution is 2.37. The van der Waals surface area contributed by atoms with Gasteiger partial charge in [0.15, 0.2) is 4.34 Å². The number of rotatable bonds is 4. The van der Waals surface area contributed by atoms with E-state index in [0.717, 1.165) is 31.7 Å². The second-order valence-corrected chi connectivity index (χ2v) is 7.45. The van der Waals surface area contributed by atoms with E-state index in [9.17, 15) is 0 Å². The zero-order chi connectivity index (χ0) is 14.1. The summed E-state index contributed by atoms with van der Waals surface area (Å²) >= 11 is 5.00. The first kappa shape index (κ1) is 13.8. The minimum atomic E-state index is 0.665. The van der Waals surface area contributed by atoms with Crippen LogP contribution >= 0.6 is 34.4 Å². The fourth-order valence-corrected chi connectivity index (χ4v) is 4.65. The maximum Gasteiger partial charge on any atom is 0.224 e. The van der Waals surface area contributed by atoms with Gasteiger partial charge in [-0.15, -0.1) is 22.7 Å².